The predicted octanol–water partition coefficient (Wildman–Crippen LogP) is 4.29. The van der Waals surface area contributed by atoms with Gasteiger partial charge in [0, 0.05) is 30.6 Å². The zero-order valence-corrected chi connectivity index (χ0v) is 18.2. The van der Waals surface area contributed by atoms with Crippen molar-refractivity contribution in [3.8, 4) is 11.5 Å². The molecule has 0 amide bonds. The van der Waals surface area contributed by atoms with Gasteiger partial charge >= 0.3 is 5.97 Å². The second kappa shape index (κ2) is 7.24. The molecule has 6 heteroatoms. The Kier molecular flexibility index (Phi) is 4.75. The molecule has 0 aromatic heterocycles. The first-order valence-electron chi connectivity index (χ1n) is 11.0. The highest BCUT2D eigenvalue weighted by atomic mass is 16.5. The summed E-state index contributed by atoms with van der Waals surface area (Å²) in [5, 5.41) is 19.5. The molecule has 0 radical (unpaired) electrons. The van der Waals surface area contributed by atoms with Gasteiger partial charge in [0.1, 0.15) is 22.7 Å². The average Bonchev–Trinajstić information content (AvgIpc) is 3.11. The van der Waals surface area contributed by atoms with E-state index >= 15 is 0 Å². The van der Waals surface area contributed by atoms with Crippen molar-refractivity contribution in [2.24, 2.45) is 5.92 Å². The summed E-state index contributed by atoms with van der Waals surface area (Å²) in [6.07, 6.45) is 2.12. The van der Waals surface area contributed by atoms with Gasteiger partial charge in [-0.1, -0.05) is 24.3 Å². The van der Waals surface area contributed by atoms with E-state index in [0.717, 1.165) is 36.3 Å². The Morgan fingerprint density at radius 3 is 2.81 bits per heavy atom. The summed E-state index contributed by atoms with van der Waals surface area (Å²) in [5.41, 5.74) is 2.27. The van der Waals surface area contributed by atoms with Crippen LogP contribution in [0.1, 0.15) is 59.8 Å². The molecule has 5 rings (SSSR count). The molecule has 164 valence electrons. The van der Waals surface area contributed by atoms with Crippen LogP contribution in [0.25, 0.3) is 0 Å². The van der Waals surface area contributed by atoms with Gasteiger partial charge in [-0.3, -0.25) is 4.90 Å². The van der Waals surface area contributed by atoms with Crippen molar-refractivity contribution in [2.45, 2.75) is 64.0 Å². The number of carbonyl (C=O) groups is 1. The molecule has 2 N–H and O–H groups in total. The van der Waals surface area contributed by atoms with E-state index in [4.69, 9.17) is 9.47 Å². The van der Waals surface area contributed by atoms with Gasteiger partial charge in [0.05, 0.1) is 12.2 Å². The molecular formula is C25H29NO5. The van der Waals surface area contributed by atoms with Gasteiger partial charge in [-0.25, -0.2) is 4.79 Å². The van der Waals surface area contributed by atoms with E-state index in [0.29, 0.717) is 12.1 Å². The SMILES string of the molecule is Cc1cc(CN2CC[C@H]3O[C@H]4c5ccccc5OC(C)(C)[C@@H]4C[C@@H]32)cc(C(=O)O)c1O. The number of hydrogen-bond acceptors (Lipinski definition) is 5. The van der Waals surface area contributed by atoms with Crippen LogP contribution in [0, 0.1) is 12.8 Å². The Hall–Kier alpha value is -2.57. The van der Waals surface area contributed by atoms with E-state index in [-0.39, 0.29) is 41.1 Å². The van der Waals surface area contributed by atoms with Gasteiger partial charge in [0.25, 0.3) is 0 Å². The Bertz CT molecular complexity index is 1030. The van der Waals surface area contributed by atoms with E-state index in [1.807, 2.05) is 24.3 Å². The van der Waals surface area contributed by atoms with Crippen molar-refractivity contribution >= 4 is 5.97 Å². The third-order valence-electron chi connectivity index (χ3n) is 7.25. The molecule has 2 saturated heterocycles. The van der Waals surface area contributed by atoms with Crippen LogP contribution >= 0.6 is 0 Å². The zero-order chi connectivity index (χ0) is 21.9. The molecule has 6 nitrogen and oxygen atoms in total. The molecule has 0 bridgehead atoms. The first-order valence-corrected chi connectivity index (χ1v) is 11.0. The fraction of sp³-hybridized carbons (Fsp3) is 0.480. The number of aromatic hydroxyl groups is 1. The van der Waals surface area contributed by atoms with Crippen molar-refractivity contribution in [1.82, 2.24) is 4.90 Å². The molecule has 0 spiro atoms. The number of carboxylic acids is 1. The summed E-state index contributed by atoms with van der Waals surface area (Å²) in [6, 6.07) is 11.9. The number of likely N-dealkylation sites (tertiary alicyclic amines) is 1. The summed E-state index contributed by atoms with van der Waals surface area (Å²) >= 11 is 0. The van der Waals surface area contributed by atoms with Crippen LogP contribution < -0.4 is 4.74 Å². The number of para-hydroxylation sites is 1. The van der Waals surface area contributed by atoms with Crippen LogP contribution in [-0.4, -0.2) is 45.4 Å². The quantitative estimate of drug-likeness (QED) is 0.767. The van der Waals surface area contributed by atoms with Crippen LogP contribution in [-0.2, 0) is 11.3 Å². The molecule has 31 heavy (non-hydrogen) atoms. The molecule has 0 aliphatic carbocycles. The number of nitrogens with zero attached hydrogens (tertiary/aromatic N) is 1. The Morgan fingerprint density at radius 1 is 1.26 bits per heavy atom. The normalized spacial score (nSPS) is 28.9. The zero-order valence-electron chi connectivity index (χ0n) is 18.2. The summed E-state index contributed by atoms with van der Waals surface area (Å²) in [7, 11) is 0. The maximum absolute atomic E-state index is 11.5. The number of ether oxygens (including phenoxy) is 2. The molecule has 2 fully saturated rings. The lowest BCUT2D eigenvalue weighted by molar-refractivity contribution is -0.162. The van der Waals surface area contributed by atoms with Gasteiger partial charge in [0.15, 0.2) is 0 Å². The van der Waals surface area contributed by atoms with Crippen molar-refractivity contribution in [3.05, 3.63) is 58.7 Å². The lowest BCUT2D eigenvalue weighted by atomic mass is 9.74. The number of fused-ring (bicyclic) bond motifs is 4. The predicted molar refractivity (Wildman–Crippen MR) is 115 cm³/mol. The highest BCUT2D eigenvalue weighted by Gasteiger charge is 2.52. The van der Waals surface area contributed by atoms with Gasteiger partial charge in [-0.05, 0) is 56.9 Å². The van der Waals surface area contributed by atoms with Gasteiger partial charge in [-0.2, -0.15) is 0 Å². The topological polar surface area (TPSA) is 79.2 Å². The van der Waals surface area contributed by atoms with Crippen molar-refractivity contribution < 1.29 is 24.5 Å². The standard InChI is InChI=1S/C25H29NO5/c1-14-10-15(11-17(22(14)27)24(28)29)13-26-9-8-21-19(26)12-18-23(30-21)16-6-4-5-7-20(16)31-25(18,2)3/h4-7,10-11,18-19,21,23,27H,8-9,12-13H2,1-3H3,(H,28,29)/t18-,19+,21-,23+/m1/s1. The number of aryl methyl sites for hydroxylation is 1. The van der Waals surface area contributed by atoms with E-state index in [9.17, 15) is 15.0 Å². The number of benzene rings is 2. The van der Waals surface area contributed by atoms with Gasteiger partial charge < -0.3 is 19.7 Å². The summed E-state index contributed by atoms with van der Waals surface area (Å²) in [5.74, 6) is -0.104. The fourth-order valence-corrected chi connectivity index (χ4v) is 5.66. The second-order valence-electron chi connectivity index (χ2n) is 9.62. The Labute approximate surface area is 182 Å². The molecule has 0 unspecified atom stereocenters. The third-order valence-corrected chi connectivity index (χ3v) is 7.25. The molecule has 3 aliphatic heterocycles. The van der Waals surface area contributed by atoms with Crippen LogP contribution in [0.5, 0.6) is 11.5 Å². The average molecular weight is 424 g/mol. The molecular weight excluding hydrogens is 394 g/mol. The lowest BCUT2D eigenvalue weighted by Gasteiger charge is -2.50. The van der Waals surface area contributed by atoms with Crippen LogP contribution in [0.3, 0.4) is 0 Å². The number of aromatic carboxylic acids is 1. The lowest BCUT2D eigenvalue weighted by Crippen LogP contribution is -2.53. The summed E-state index contributed by atoms with van der Waals surface area (Å²) < 4.78 is 13.1. The highest BCUT2D eigenvalue weighted by Crippen LogP contribution is 2.52. The molecule has 3 heterocycles. The van der Waals surface area contributed by atoms with E-state index in [1.54, 1.807) is 13.0 Å². The number of phenols is 1. The summed E-state index contributed by atoms with van der Waals surface area (Å²) in [6.45, 7) is 7.57. The third kappa shape index (κ3) is 3.38. The van der Waals surface area contributed by atoms with Crippen molar-refractivity contribution in [2.75, 3.05) is 6.54 Å². The molecule has 0 saturated carbocycles. The van der Waals surface area contributed by atoms with Crippen molar-refractivity contribution in [1.29, 1.82) is 0 Å². The van der Waals surface area contributed by atoms with E-state index < -0.39 is 5.97 Å². The maximum Gasteiger partial charge on any atom is 0.339 e. The fourth-order valence-electron chi connectivity index (χ4n) is 5.66. The minimum absolute atomic E-state index is 0.0377. The number of hydrogen-bond donors (Lipinski definition) is 2. The molecule has 2 aromatic rings. The first-order chi connectivity index (χ1) is 14.7. The van der Waals surface area contributed by atoms with Crippen LogP contribution in [0.4, 0.5) is 0 Å². The Morgan fingerprint density at radius 2 is 2.03 bits per heavy atom. The minimum Gasteiger partial charge on any atom is -0.507 e. The van der Waals surface area contributed by atoms with Gasteiger partial charge in [-0.15, -0.1) is 0 Å². The molecule has 3 aliphatic rings. The van der Waals surface area contributed by atoms with E-state index in [1.165, 1.54) is 0 Å². The highest BCUT2D eigenvalue weighted by molar-refractivity contribution is 5.91. The first kappa shape index (κ1) is 20.3. The second-order valence-corrected chi connectivity index (χ2v) is 9.62. The minimum atomic E-state index is -1.11. The summed E-state index contributed by atoms with van der Waals surface area (Å²) in [4.78, 5) is 13.9. The van der Waals surface area contributed by atoms with E-state index in [2.05, 4.69) is 24.8 Å². The number of rotatable bonds is 3. The monoisotopic (exact) mass is 423 g/mol. The largest absolute Gasteiger partial charge is 0.507 e. The van der Waals surface area contributed by atoms with Crippen LogP contribution in [0.15, 0.2) is 36.4 Å². The molecule has 2 aromatic carbocycles. The molecule has 4 atom stereocenters. The van der Waals surface area contributed by atoms with Crippen LogP contribution in [0.2, 0.25) is 0 Å². The van der Waals surface area contributed by atoms with Crippen molar-refractivity contribution in [3.63, 3.8) is 0 Å². The van der Waals surface area contributed by atoms with Gasteiger partial charge in [0.2, 0.25) is 0 Å². The number of carboxylic acid groups (broad SMARTS) is 1. The Balaban J connectivity index is 1.40. The smallest absolute Gasteiger partial charge is 0.339 e. The maximum atomic E-state index is 11.5.